The van der Waals surface area contributed by atoms with Gasteiger partial charge in [-0.3, -0.25) is 9.59 Å². The molecule has 3 aromatic rings. The van der Waals surface area contributed by atoms with Crippen molar-refractivity contribution in [2.24, 2.45) is 0 Å². The standard InChI is InChI=1S/C22H21NO5/c1-12-9-13(2)17-16(10-12)28-21-18(20(17)25)19(23(7-8-24)22(21)26)14-5-4-6-15(11-14)27-3/h4-6,9-11,19,24H,7-8H2,1-3H3/t19-/m0/s1. The second-order valence-electron chi connectivity index (χ2n) is 7.03. The van der Waals surface area contributed by atoms with Crippen LogP contribution in [0.3, 0.4) is 0 Å². The van der Waals surface area contributed by atoms with Crippen LogP contribution in [0.2, 0.25) is 0 Å². The van der Waals surface area contributed by atoms with Crippen LogP contribution in [0.15, 0.2) is 45.6 Å². The number of benzene rings is 2. The maximum absolute atomic E-state index is 13.5. The highest BCUT2D eigenvalue weighted by Crippen LogP contribution is 2.39. The first-order valence-corrected chi connectivity index (χ1v) is 9.10. The zero-order chi connectivity index (χ0) is 20.0. The molecule has 6 nitrogen and oxygen atoms in total. The number of carbonyl (C=O) groups is 1. The third-order valence-electron chi connectivity index (χ3n) is 5.16. The molecule has 0 saturated heterocycles. The van der Waals surface area contributed by atoms with Crippen LogP contribution in [0.1, 0.15) is 38.9 Å². The molecular formula is C22H21NO5. The van der Waals surface area contributed by atoms with Crippen LogP contribution in [0.5, 0.6) is 5.75 Å². The first-order chi connectivity index (χ1) is 13.5. The van der Waals surface area contributed by atoms with E-state index in [1.165, 1.54) is 4.90 Å². The van der Waals surface area contributed by atoms with Gasteiger partial charge in [-0.2, -0.15) is 0 Å². The van der Waals surface area contributed by atoms with E-state index in [1.807, 2.05) is 32.0 Å². The van der Waals surface area contributed by atoms with Crippen molar-refractivity contribution in [2.75, 3.05) is 20.3 Å². The number of aryl methyl sites for hydroxylation is 2. The molecule has 1 aliphatic heterocycles. The minimum atomic E-state index is -0.633. The van der Waals surface area contributed by atoms with Gasteiger partial charge in [-0.15, -0.1) is 0 Å². The van der Waals surface area contributed by atoms with Crippen LogP contribution in [0.4, 0.5) is 0 Å². The van der Waals surface area contributed by atoms with Crippen molar-refractivity contribution >= 4 is 16.9 Å². The normalized spacial score (nSPS) is 15.9. The Labute approximate surface area is 162 Å². The monoisotopic (exact) mass is 379 g/mol. The number of nitrogens with zero attached hydrogens (tertiary/aromatic N) is 1. The Bertz CT molecular complexity index is 1150. The molecule has 0 bridgehead atoms. The molecular weight excluding hydrogens is 358 g/mol. The van der Waals surface area contributed by atoms with Crippen LogP contribution in [-0.4, -0.2) is 36.2 Å². The Morgan fingerprint density at radius 3 is 2.68 bits per heavy atom. The Morgan fingerprint density at radius 1 is 1.18 bits per heavy atom. The molecule has 0 unspecified atom stereocenters. The van der Waals surface area contributed by atoms with Gasteiger partial charge in [0.2, 0.25) is 5.76 Å². The zero-order valence-corrected chi connectivity index (χ0v) is 16.0. The lowest BCUT2D eigenvalue weighted by atomic mass is 9.97. The Balaban J connectivity index is 2.03. The van der Waals surface area contributed by atoms with Gasteiger partial charge in [0.25, 0.3) is 5.91 Å². The van der Waals surface area contributed by atoms with Crippen LogP contribution in [0, 0.1) is 13.8 Å². The number of β-amino-alcohol motifs (C(OH)–C–C–N with tert-alkyl or cyclic N) is 1. The first-order valence-electron chi connectivity index (χ1n) is 9.10. The van der Waals surface area contributed by atoms with Gasteiger partial charge in [-0.25, -0.2) is 0 Å². The van der Waals surface area contributed by atoms with Crippen molar-refractivity contribution in [3.8, 4) is 5.75 Å². The molecule has 0 aliphatic carbocycles. The van der Waals surface area contributed by atoms with Crippen molar-refractivity contribution < 1.29 is 19.1 Å². The number of aliphatic hydroxyl groups is 1. The molecule has 0 radical (unpaired) electrons. The summed E-state index contributed by atoms with van der Waals surface area (Å²) in [4.78, 5) is 28.0. The molecule has 4 rings (SSSR count). The summed E-state index contributed by atoms with van der Waals surface area (Å²) < 4.78 is 11.2. The smallest absolute Gasteiger partial charge is 0.290 e. The molecule has 1 atom stereocenters. The Kier molecular flexibility index (Phi) is 4.43. The predicted octanol–water partition coefficient (Wildman–Crippen LogP) is 2.96. The van der Waals surface area contributed by atoms with Gasteiger partial charge in [0.15, 0.2) is 5.43 Å². The minimum absolute atomic E-state index is 0.0452. The maximum atomic E-state index is 13.5. The first kappa shape index (κ1) is 18.3. The summed E-state index contributed by atoms with van der Waals surface area (Å²) >= 11 is 0. The van der Waals surface area contributed by atoms with Crippen molar-refractivity contribution in [3.63, 3.8) is 0 Å². The molecule has 144 valence electrons. The van der Waals surface area contributed by atoms with E-state index in [4.69, 9.17) is 9.15 Å². The number of aliphatic hydroxyl groups excluding tert-OH is 1. The molecule has 1 N–H and O–H groups in total. The predicted molar refractivity (Wildman–Crippen MR) is 105 cm³/mol. The summed E-state index contributed by atoms with van der Waals surface area (Å²) in [7, 11) is 1.56. The van der Waals surface area contributed by atoms with E-state index in [2.05, 4.69) is 0 Å². The maximum Gasteiger partial charge on any atom is 0.290 e. The van der Waals surface area contributed by atoms with E-state index in [1.54, 1.807) is 25.3 Å². The van der Waals surface area contributed by atoms with Gasteiger partial charge in [-0.1, -0.05) is 18.2 Å². The van der Waals surface area contributed by atoms with E-state index in [0.29, 0.717) is 22.3 Å². The number of hydrogen-bond donors (Lipinski definition) is 1. The van der Waals surface area contributed by atoms with Gasteiger partial charge >= 0.3 is 0 Å². The SMILES string of the molecule is COc1cccc([C@H]2c3c(oc4cc(C)cc(C)c4c3=O)C(=O)N2CCO)c1. The van der Waals surface area contributed by atoms with Crippen LogP contribution >= 0.6 is 0 Å². The largest absolute Gasteiger partial charge is 0.497 e. The number of rotatable bonds is 4. The highest BCUT2D eigenvalue weighted by Gasteiger charge is 2.42. The molecule has 0 fully saturated rings. The molecule has 1 amide bonds. The number of ether oxygens (including phenoxy) is 1. The lowest BCUT2D eigenvalue weighted by Crippen LogP contribution is -2.32. The van der Waals surface area contributed by atoms with Crippen LogP contribution in [-0.2, 0) is 0 Å². The van der Waals surface area contributed by atoms with Crippen molar-refractivity contribution in [3.05, 3.63) is 74.6 Å². The summed E-state index contributed by atoms with van der Waals surface area (Å²) in [5.74, 6) is 0.276. The summed E-state index contributed by atoms with van der Waals surface area (Å²) in [5.41, 5.74) is 3.00. The molecule has 28 heavy (non-hydrogen) atoms. The van der Waals surface area contributed by atoms with Crippen LogP contribution in [0.25, 0.3) is 11.0 Å². The van der Waals surface area contributed by atoms with Crippen molar-refractivity contribution in [1.82, 2.24) is 4.90 Å². The quantitative estimate of drug-likeness (QED) is 0.754. The molecule has 6 heteroatoms. The van der Waals surface area contributed by atoms with E-state index in [9.17, 15) is 14.7 Å². The summed E-state index contributed by atoms with van der Waals surface area (Å²) in [5, 5.41) is 9.98. The summed E-state index contributed by atoms with van der Waals surface area (Å²) in [6, 6.07) is 10.3. The average molecular weight is 379 g/mol. The molecule has 1 aliphatic rings. The molecule has 0 saturated carbocycles. The topological polar surface area (TPSA) is 80.0 Å². The van der Waals surface area contributed by atoms with Gasteiger partial charge in [0, 0.05) is 6.54 Å². The number of methoxy groups -OCH3 is 1. The van der Waals surface area contributed by atoms with E-state index in [-0.39, 0.29) is 24.3 Å². The van der Waals surface area contributed by atoms with Gasteiger partial charge < -0.3 is 19.2 Å². The highest BCUT2D eigenvalue weighted by molar-refractivity contribution is 5.99. The molecule has 2 aromatic carbocycles. The number of fused-ring (bicyclic) bond motifs is 2. The minimum Gasteiger partial charge on any atom is -0.497 e. The van der Waals surface area contributed by atoms with Crippen LogP contribution < -0.4 is 10.2 Å². The summed E-state index contributed by atoms with van der Waals surface area (Å²) in [6.07, 6.45) is 0. The molecule has 1 aromatic heterocycles. The van der Waals surface area contributed by atoms with E-state index in [0.717, 1.165) is 16.7 Å². The van der Waals surface area contributed by atoms with Gasteiger partial charge in [0.1, 0.15) is 11.3 Å². The fourth-order valence-corrected chi connectivity index (χ4v) is 4.01. The second-order valence-corrected chi connectivity index (χ2v) is 7.03. The molecule has 0 spiro atoms. The lowest BCUT2D eigenvalue weighted by molar-refractivity contribution is 0.0691. The van der Waals surface area contributed by atoms with E-state index < -0.39 is 11.9 Å². The van der Waals surface area contributed by atoms with Crippen molar-refractivity contribution in [1.29, 1.82) is 0 Å². The third kappa shape index (κ3) is 2.68. The second kappa shape index (κ2) is 6.80. The number of amides is 1. The third-order valence-corrected chi connectivity index (χ3v) is 5.16. The fourth-order valence-electron chi connectivity index (χ4n) is 4.01. The van der Waals surface area contributed by atoms with Crippen molar-refractivity contribution in [2.45, 2.75) is 19.9 Å². The zero-order valence-electron chi connectivity index (χ0n) is 16.0. The average Bonchev–Trinajstić information content (AvgIpc) is 2.94. The highest BCUT2D eigenvalue weighted by atomic mass is 16.5. The number of hydrogen-bond acceptors (Lipinski definition) is 5. The summed E-state index contributed by atoms with van der Waals surface area (Å²) in [6.45, 7) is 3.66. The fraction of sp³-hybridized carbons (Fsp3) is 0.273. The van der Waals surface area contributed by atoms with Gasteiger partial charge in [-0.05, 0) is 48.7 Å². The Hall–Kier alpha value is -3.12. The van der Waals surface area contributed by atoms with Gasteiger partial charge in [0.05, 0.1) is 30.7 Å². The Morgan fingerprint density at radius 2 is 1.96 bits per heavy atom. The van der Waals surface area contributed by atoms with E-state index >= 15 is 0 Å². The number of carbonyl (C=O) groups excluding carboxylic acids is 1. The lowest BCUT2D eigenvalue weighted by Gasteiger charge is -2.24. The molecule has 2 heterocycles.